The summed E-state index contributed by atoms with van der Waals surface area (Å²) in [6.07, 6.45) is 0. The van der Waals surface area contributed by atoms with E-state index in [9.17, 15) is 0 Å². The van der Waals surface area contributed by atoms with Crippen molar-refractivity contribution in [3.05, 3.63) is 10.6 Å². The van der Waals surface area contributed by atoms with Gasteiger partial charge < -0.3 is 54.4 Å². The summed E-state index contributed by atoms with van der Waals surface area (Å²) >= 11 is 0. The van der Waals surface area contributed by atoms with Gasteiger partial charge in [0.2, 0.25) is 0 Å². The summed E-state index contributed by atoms with van der Waals surface area (Å²) in [5.41, 5.74) is 20.0. The molecule has 26 heavy (non-hydrogen) atoms. The van der Waals surface area contributed by atoms with Crippen LogP contribution in [0.5, 0.6) is 0 Å². The van der Waals surface area contributed by atoms with E-state index in [0.29, 0.717) is 0 Å². The number of guanidine groups is 4. The molecule has 0 aromatic rings. The Hall–Kier alpha value is -2.13. The van der Waals surface area contributed by atoms with Crippen molar-refractivity contribution in [2.24, 2.45) is 32.9 Å². The molecule has 14 nitrogen and oxygen atoms in total. The van der Waals surface area contributed by atoms with Gasteiger partial charge in [0.25, 0.3) is 0 Å². The van der Waals surface area contributed by atoms with Gasteiger partial charge in [-0.3, -0.25) is 9.11 Å². The van der Waals surface area contributed by atoms with Crippen molar-refractivity contribution in [1.82, 2.24) is 0 Å². The minimum atomic E-state index is -4.67. The number of nitrogens with zero attached hydrogens (tertiary/aromatic N) is 4. The van der Waals surface area contributed by atoms with E-state index in [2.05, 4.69) is 20.6 Å². The third kappa shape index (κ3) is 49.5. The Labute approximate surface area is 163 Å². The molecule has 0 spiro atoms. The molecule has 0 aliphatic heterocycles. The van der Waals surface area contributed by atoms with Gasteiger partial charge in [0.1, 0.15) is 11.9 Å². The first-order chi connectivity index (χ1) is 11.0. The summed E-state index contributed by atoms with van der Waals surface area (Å²) in [5.74, 6) is -0.520. The second-order valence-corrected chi connectivity index (χ2v) is 5.51. The molecule has 16 heteroatoms. The molecule has 0 aliphatic rings. The molecule has 0 aromatic carbocycles. The molecule has 0 saturated heterocycles. The van der Waals surface area contributed by atoms with Gasteiger partial charge in [-0.25, -0.2) is 0 Å². The number of hydrogen-bond acceptors (Lipinski definition) is 4. The molecule has 157 valence electrons. The van der Waals surface area contributed by atoms with E-state index in [-0.39, 0.29) is 53.0 Å². The molecule has 0 aromatic heterocycles. The zero-order chi connectivity index (χ0) is 20.8. The van der Waals surface area contributed by atoms with Crippen LogP contribution in [0.1, 0.15) is 27.7 Å². The van der Waals surface area contributed by atoms with E-state index < -0.39 is 10.4 Å². The van der Waals surface area contributed by atoms with Crippen LogP contribution in [-0.4, -0.2) is 53.4 Å². The number of rotatable bonds is 2. The summed E-state index contributed by atoms with van der Waals surface area (Å²) in [7, 11) is -4.67. The van der Waals surface area contributed by atoms with Crippen molar-refractivity contribution in [2.45, 2.75) is 39.8 Å². The van der Waals surface area contributed by atoms with Crippen LogP contribution in [0, 0.1) is 10.8 Å². The van der Waals surface area contributed by atoms with Gasteiger partial charge in [0.05, 0.1) is 0 Å². The quantitative estimate of drug-likeness (QED) is 0.116. The predicted octanol–water partition coefficient (Wildman–Crippen LogP) is -0.702. The summed E-state index contributed by atoms with van der Waals surface area (Å²) in [4.78, 5) is 6.81. The smallest absolute Gasteiger partial charge is 0.411 e. The first-order valence-corrected chi connectivity index (χ1v) is 7.92. The van der Waals surface area contributed by atoms with Crippen molar-refractivity contribution in [2.75, 3.05) is 0 Å². The van der Waals surface area contributed by atoms with Gasteiger partial charge in [0, 0.05) is 11.9 Å². The zero-order valence-corrected chi connectivity index (χ0v) is 16.4. The van der Waals surface area contributed by atoms with E-state index in [0.717, 1.165) is 0 Å². The summed E-state index contributed by atoms with van der Waals surface area (Å²) < 4.78 is 31.6. The maximum atomic E-state index is 8.74. The third-order valence-corrected chi connectivity index (χ3v) is 1.23. The Morgan fingerprint density at radius 2 is 1.04 bits per heavy atom. The number of nitrogens with two attached hydrogens (primary N) is 4. The Bertz CT molecular complexity index is 524. The van der Waals surface area contributed by atoms with Crippen LogP contribution < -0.4 is 22.9 Å². The molecule has 0 aliphatic carbocycles. The first-order valence-electron chi connectivity index (χ1n) is 6.52. The van der Waals surface area contributed by atoms with E-state index in [1.165, 1.54) is 0 Å². The molecule has 0 atom stereocenters. The maximum Gasteiger partial charge on any atom is 2.00 e. The molecule has 1 radical (unpaired) electrons. The molecule has 0 heterocycles. The second kappa shape index (κ2) is 16.3. The number of nitrogens with one attached hydrogen (secondary N) is 2. The average Bonchev–Trinajstić information content (AvgIpc) is 2.21. The van der Waals surface area contributed by atoms with Crippen LogP contribution in [-0.2, 0) is 27.5 Å². The fraction of sp³-hybridized carbons (Fsp3) is 0.600. The van der Waals surface area contributed by atoms with Crippen LogP contribution in [0.25, 0.3) is 10.6 Å². The standard InChI is InChI=1S/2C5H12N5.Cu.H2O4S/c2*1-3(2)9-5(8)10-4(6)7;;1-5(2,3)4/h2*3H,1-2H3,(H5-,6,7,8,9,10);;(H2,1,2,3,4)/q2*-1;+2;. The Morgan fingerprint density at radius 3 is 1.15 bits per heavy atom. The molecular weight excluding hydrogens is 420 g/mol. The van der Waals surface area contributed by atoms with Crippen LogP contribution in [0.3, 0.4) is 0 Å². The van der Waals surface area contributed by atoms with Crippen LogP contribution in [0.15, 0.2) is 9.98 Å². The molecule has 12 N–H and O–H groups in total. The second-order valence-electron chi connectivity index (χ2n) is 4.61. The maximum absolute atomic E-state index is 8.74. The largest absolute Gasteiger partial charge is 2.00 e. The minimum absolute atomic E-state index is 0. The average molecular weight is 446 g/mol. The predicted molar refractivity (Wildman–Crippen MR) is 98.2 cm³/mol. The van der Waals surface area contributed by atoms with Gasteiger partial charge >= 0.3 is 27.5 Å². The van der Waals surface area contributed by atoms with Crippen LogP contribution >= 0.6 is 0 Å². The van der Waals surface area contributed by atoms with Crippen molar-refractivity contribution >= 4 is 34.2 Å². The molecule has 0 bridgehead atoms. The molecule has 0 saturated carbocycles. The van der Waals surface area contributed by atoms with Gasteiger partial charge in [-0.15, -0.1) is 0 Å². The summed E-state index contributed by atoms with van der Waals surface area (Å²) in [5, 5.41) is 21.6. The first kappa shape index (κ1) is 31.6. The van der Waals surface area contributed by atoms with Gasteiger partial charge in [-0.2, -0.15) is 8.42 Å². The fourth-order valence-corrected chi connectivity index (χ4v) is 0.791. The zero-order valence-electron chi connectivity index (χ0n) is 14.7. The molecule has 0 unspecified atom stereocenters. The van der Waals surface area contributed by atoms with Gasteiger partial charge in [-0.1, -0.05) is 27.7 Å². The minimum Gasteiger partial charge on any atom is -0.411 e. The third-order valence-electron chi connectivity index (χ3n) is 1.23. The molecule has 0 amide bonds. The van der Waals surface area contributed by atoms with Crippen molar-refractivity contribution < 1.29 is 34.6 Å². The molecule has 0 fully saturated rings. The summed E-state index contributed by atoms with van der Waals surface area (Å²) in [6.45, 7) is 7.38. The summed E-state index contributed by atoms with van der Waals surface area (Å²) in [6, 6.07) is 0.103. The van der Waals surface area contributed by atoms with E-state index in [4.69, 9.17) is 51.3 Å². The van der Waals surface area contributed by atoms with E-state index in [1.54, 1.807) is 0 Å². The Morgan fingerprint density at radius 1 is 0.846 bits per heavy atom. The van der Waals surface area contributed by atoms with Crippen molar-refractivity contribution in [3.63, 3.8) is 0 Å². The van der Waals surface area contributed by atoms with E-state index >= 15 is 0 Å². The Balaban J connectivity index is -0.000000145. The SMILES string of the molecule is CC(C)[N-]C(=N)N=C(N)N.CC(C)[N-]C(=N)N=C(N)N.O=S(=O)(O)O.[Cu+2]. The van der Waals surface area contributed by atoms with E-state index in [1.807, 2.05) is 27.7 Å². The van der Waals surface area contributed by atoms with Crippen molar-refractivity contribution in [1.29, 1.82) is 10.8 Å². The van der Waals surface area contributed by atoms with Crippen molar-refractivity contribution in [3.8, 4) is 0 Å². The monoisotopic (exact) mass is 445 g/mol. The van der Waals surface area contributed by atoms with Gasteiger partial charge in [0.15, 0.2) is 0 Å². The van der Waals surface area contributed by atoms with Crippen LogP contribution in [0.4, 0.5) is 0 Å². The van der Waals surface area contributed by atoms with Crippen LogP contribution in [0.2, 0.25) is 0 Å². The fourth-order valence-electron chi connectivity index (χ4n) is 0.791. The number of hydrogen-bond donors (Lipinski definition) is 8. The van der Waals surface area contributed by atoms with Gasteiger partial charge in [-0.05, 0) is 12.1 Å². The molecule has 0 rings (SSSR count). The number of aliphatic imine (C=N–C) groups is 2. The molecular formula is C10H26CuN10O4S. The normalized spacial score (nSPS) is 9.23. The topological polar surface area (TPSA) is 279 Å². The Kier molecular flexibility index (Phi) is 19.9.